The second-order valence-corrected chi connectivity index (χ2v) is 7.19. The number of thiophene rings is 1. The quantitative estimate of drug-likeness (QED) is 0.865. The molecule has 0 aliphatic rings. The molecule has 0 saturated carbocycles. The zero-order chi connectivity index (χ0) is 14.4. The Morgan fingerprint density at radius 3 is 2.65 bits per heavy atom. The summed E-state index contributed by atoms with van der Waals surface area (Å²) >= 11 is 5.05. The van der Waals surface area contributed by atoms with Gasteiger partial charge >= 0.3 is 0 Å². The first-order valence-corrected chi connectivity index (χ1v) is 7.98. The molecule has 0 aliphatic carbocycles. The fourth-order valence-corrected chi connectivity index (χ4v) is 3.31. The number of carbonyl (C=O) groups excluding carboxylic acids is 1. The monoisotopic (exact) mass is 352 g/mol. The molecule has 0 bridgehead atoms. The zero-order valence-electron chi connectivity index (χ0n) is 11.3. The lowest BCUT2D eigenvalue weighted by atomic mass is 10.2. The van der Waals surface area contributed by atoms with Crippen LogP contribution in [0.4, 0.5) is 0 Å². The van der Waals surface area contributed by atoms with Crippen molar-refractivity contribution in [1.29, 1.82) is 0 Å². The highest BCUT2D eigenvalue weighted by Gasteiger charge is 2.07. The van der Waals surface area contributed by atoms with Crippen LogP contribution >= 0.6 is 27.3 Å². The summed E-state index contributed by atoms with van der Waals surface area (Å²) in [5.41, 5.74) is 1.21. The van der Waals surface area contributed by atoms with E-state index in [1.807, 2.05) is 42.3 Å². The van der Waals surface area contributed by atoms with Crippen LogP contribution in [0.25, 0.3) is 0 Å². The van der Waals surface area contributed by atoms with Gasteiger partial charge in [0.15, 0.2) is 0 Å². The molecule has 0 atom stereocenters. The molecule has 2 rings (SSSR count). The first kappa shape index (κ1) is 15.2. The van der Waals surface area contributed by atoms with Gasteiger partial charge < -0.3 is 5.32 Å². The van der Waals surface area contributed by atoms with E-state index in [-0.39, 0.29) is 5.91 Å². The zero-order valence-corrected chi connectivity index (χ0v) is 13.7. The van der Waals surface area contributed by atoms with Gasteiger partial charge in [0.05, 0.1) is 16.9 Å². The summed E-state index contributed by atoms with van der Waals surface area (Å²) < 4.78 is 1.09. The van der Waals surface area contributed by atoms with Gasteiger partial charge in [0.1, 0.15) is 0 Å². The normalized spacial score (nSPS) is 10.8. The number of nitrogens with one attached hydrogen (secondary N) is 1. The minimum atomic E-state index is 0.0490. The number of hydrogen-bond acceptors (Lipinski definition) is 3. The van der Waals surface area contributed by atoms with Crippen molar-refractivity contribution in [3.63, 3.8) is 0 Å². The molecule has 1 N–H and O–H groups in total. The molecular formula is C15H17BrN2OS. The van der Waals surface area contributed by atoms with Crippen molar-refractivity contribution < 1.29 is 4.79 Å². The number of nitrogens with zero attached hydrogens (tertiary/aromatic N) is 1. The molecule has 0 spiro atoms. The van der Waals surface area contributed by atoms with Crippen LogP contribution in [-0.2, 0) is 17.9 Å². The van der Waals surface area contributed by atoms with Crippen molar-refractivity contribution in [3.8, 4) is 0 Å². The molecule has 1 amide bonds. The van der Waals surface area contributed by atoms with Crippen LogP contribution < -0.4 is 5.32 Å². The molecule has 1 aromatic carbocycles. The Balaban J connectivity index is 1.73. The smallest absolute Gasteiger partial charge is 0.234 e. The van der Waals surface area contributed by atoms with Crippen LogP contribution in [0, 0.1) is 0 Å². The number of amides is 1. The average molecular weight is 353 g/mol. The molecule has 5 heteroatoms. The summed E-state index contributed by atoms with van der Waals surface area (Å²) in [6.07, 6.45) is 0. The molecule has 2 aromatic rings. The van der Waals surface area contributed by atoms with Crippen molar-refractivity contribution in [1.82, 2.24) is 10.2 Å². The van der Waals surface area contributed by atoms with Crippen molar-refractivity contribution in [3.05, 3.63) is 56.7 Å². The van der Waals surface area contributed by atoms with Crippen LogP contribution in [0.1, 0.15) is 10.4 Å². The fourth-order valence-electron chi connectivity index (χ4n) is 1.88. The third kappa shape index (κ3) is 5.07. The van der Waals surface area contributed by atoms with E-state index in [0.717, 1.165) is 15.2 Å². The molecular weight excluding hydrogens is 336 g/mol. The third-order valence-electron chi connectivity index (χ3n) is 2.80. The van der Waals surface area contributed by atoms with Crippen LogP contribution in [-0.4, -0.2) is 24.4 Å². The van der Waals surface area contributed by atoms with Crippen molar-refractivity contribution >= 4 is 33.2 Å². The molecule has 3 nitrogen and oxygen atoms in total. The Morgan fingerprint density at radius 1 is 1.25 bits per heavy atom. The summed E-state index contributed by atoms with van der Waals surface area (Å²) in [6.45, 7) is 1.77. The van der Waals surface area contributed by atoms with Gasteiger partial charge in [-0.3, -0.25) is 9.69 Å². The van der Waals surface area contributed by atoms with Crippen molar-refractivity contribution in [2.24, 2.45) is 0 Å². The van der Waals surface area contributed by atoms with Crippen LogP contribution in [0.15, 0.2) is 46.3 Å². The standard InChI is InChI=1S/C15H17BrN2OS/c1-18(10-12-5-3-2-4-6-12)11-15(19)17-9-13-7-8-14(16)20-13/h2-8H,9-11H2,1H3,(H,17,19). The van der Waals surface area contributed by atoms with E-state index < -0.39 is 0 Å². The molecule has 0 unspecified atom stereocenters. The average Bonchev–Trinajstić information content (AvgIpc) is 2.83. The number of rotatable bonds is 6. The van der Waals surface area contributed by atoms with E-state index >= 15 is 0 Å². The predicted molar refractivity (Wildman–Crippen MR) is 86.6 cm³/mol. The first-order chi connectivity index (χ1) is 9.63. The Bertz CT molecular complexity index is 556. The molecule has 0 aliphatic heterocycles. The van der Waals surface area contributed by atoms with Crippen LogP contribution in [0.5, 0.6) is 0 Å². The fraction of sp³-hybridized carbons (Fsp3) is 0.267. The number of halogens is 1. The van der Waals surface area contributed by atoms with E-state index in [9.17, 15) is 4.79 Å². The lowest BCUT2D eigenvalue weighted by molar-refractivity contribution is -0.122. The summed E-state index contributed by atoms with van der Waals surface area (Å²) in [7, 11) is 1.95. The number of hydrogen-bond donors (Lipinski definition) is 1. The number of benzene rings is 1. The minimum Gasteiger partial charge on any atom is -0.350 e. The SMILES string of the molecule is CN(CC(=O)NCc1ccc(Br)s1)Cc1ccccc1. The maximum atomic E-state index is 11.9. The third-order valence-corrected chi connectivity index (χ3v) is 4.42. The van der Waals surface area contributed by atoms with E-state index in [0.29, 0.717) is 13.1 Å². The van der Waals surface area contributed by atoms with Gasteiger partial charge in [0.2, 0.25) is 5.91 Å². The summed E-state index contributed by atoms with van der Waals surface area (Å²) in [4.78, 5) is 15.0. The van der Waals surface area contributed by atoms with Gasteiger partial charge in [-0.1, -0.05) is 30.3 Å². The largest absolute Gasteiger partial charge is 0.350 e. The highest BCUT2D eigenvalue weighted by atomic mass is 79.9. The van der Waals surface area contributed by atoms with Gasteiger partial charge in [-0.25, -0.2) is 0 Å². The van der Waals surface area contributed by atoms with E-state index in [1.54, 1.807) is 11.3 Å². The number of likely N-dealkylation sites (N-methyl/N-ethyl adjacent to an activating group) is 1. The molecule has 1 aromatic heterocycles. The van der Waals surface area contributed by atoms with Crippen LogP contribution in [0.3, 0.4) is 0 Å². The van der Waals surface area contributed by atoms with E-state index in [4.69, 9.17) is 0 Å². The molecule has 106 valence electrons. The predicted octanol–water partition coefficient (Wildman–Crippen LogP) is 3.26. The van der Waals surface area contributed by atoms with E-state index in [1.165, 1.54) is 5.56 Å². The highest BCUT2D eigenvalue weighted by Crippen LogP contribution is 2.21. The van der Waals surface area contributed by atoms with E-state index in [2.05, 4.69) is 33.4 Å². The Kier molecular flexibility index (Phi) is 5.76. The summed E-state index contributed by atoms with van der Waals surface area (Å²) in [5.74, 6) is 0.0490. The van der Waals surface area contributed by atoms with Gasteiger partial charge in [0, 0.05) is 11.4 Å². The Morgan fingerprint density at radius 2 is 2.00 bits per heavy atom. The minimum absolute atomic E-state index is 0.0490. The molecule has 20 heavy (non-hydrogen) atoms. The Labute approximate surface area is 131 Å². The molecule has 1 heterocycles. The second-order valence-electron chi connectivity index (χ2n) is 4.64. The maximum absolute atomic E-state index is 11.9. The van der Waals surface area contributed by atoms with Gasteiger partial charge in [-0.2, -0.15) is 0 Å². The maximum Gasteiger partial charge on any atom is 0.234 e. The highest BCUT2D eigenvalue weighted by molar-refractivity contribution is 9.11. The molecule has 0 fully saturated rings. The molecule has 0 radical (unpaired) electrons. The van der Waals surface area contributed by atoms with Gasteiger partial charge in [-0.05, 0) is 40.7 Å². The lowest BCUT2D eigenvalue weighted by Crippen LogP contribution is -2.34. The topological polar surface area (TPSA) is 32.3 Å². The van der Waals surface area contributed by atoms with Crippen molar-refractivity contribution in [2.45, 2.75) is 13.1 Å². The number of carbonyl (C=O) groups is 1. The van der Waals surface area contributed by atoms with Gasteiger partial charge in [0.25, 0.3) is 0 Å². The summed E-state index contributed by atoms with van der Waals surface area (Å²) in [6, 6.07) is 14.2. The second kappa shape index (κ2) is 7.57. The van der Waals surface area contributed by atoms with Crippen molar-refractivity contribution in [2.75, 3.05) is 13.6 Å². The molecule has 0 saturated heterocycles. The lowest BCUT2D eigenvalue weighted by Gasteiger charge is -2.16. The Hall–Kier alpha value is -1.17. The first-order valence-electron chi connectivity index (χ1n) is 6.37. The van der Waals surface area contributed by atoms with Gasteiger partial charge in [-0.15, -0.1) is 11.3 Å². The van der Waals surface area contributed by atoms with Crippen LogP contribution in [0.2, 0.25) is 0 Å². The summed E-state index contributed by atoms with van der Waals surface area (Å²) in [5, 5.41) is 2.94.